The van der Waals surface area contributed by atoms with Crippen LogP contribution in [0.4, 0.5) is 5.69 Å². The number of hydrogen-bond acceptors (Lipinski definition) is 2. The summed E-state index contributed by atoms with van der Waals surface area (Å²) in [6.45, 7) is 9.31. The van der Waals surface area contributed by atoms with Gasteiger partial charge in [-0.05, 0) is 44.0 Å². The standard InChI is InChI=1S/C14H21NO2/c1-5-15(9-12(4)14(16)17)13-7-6-10(2)11(3)8-13/h6-8,12H,5,9H2,1-4H3,(H,16,17). The highest BCUT2D eigenvalue weighted by molar-refractivity contribution is 5.70. The first kappa shape index (κ1) is 13.6. The predicted octanol–water partition coefficient (Wildman–Crippen LogP) is 2.85. The van der Waals surface area contributed by atoms with E-state index in [0.717, 1.165) is 12.2 Å². The van der Waals surface area contributed by atoms with Gasteiger partial charge in [-0.2, -0.15) is 0 Å². The third-order valence-corrected chi connectivity index (χ3v) is 3.15. The number of carbonyl (C=O) groups is 1. The van der Waals surface area contributed by atoms with E-state index in [-0.39, 0.29) is 5.92 Å². The van der Waals surface area contributed by atoms with Gasteiger partial charge in [-0.1, -0.05) is 13.0 Å². The molecule has 0 saturated carbocycles. The van der Waals surface area contributed by atoms with E-state index >= 15 is 0 Å². The molecule has 0 amide bonds. The molecule has 1 atom stereocenters. The molecule has 0 radical (unpaired) electrons. The van der Waals surface area contributed by atoms with E-state index in [0.29, 0.717) is 6.54 Å². The number of rotatable bonds is 5. The summed E-state index contributed by atoms with van der Waals surface area (Å²) in [7, 11) is 0. The fourth-order valence-electron chi connectivity index (χ4n) is 1.75. The molecule has 1 N–H and O–H groups in total. The van der Waals surface area contributed by atoms with Gasteiger partial charge >= 0.3 is 5.97 Å². The van der Waals surface area contributed by atoms with Crippen LogP contribution in [0.5, 0.6) is 0 Å². The highest BCUT2D eigenvalue weighted by atomic mass is 16.4. The number of aliphatic carboxylic acids is 1. The first-order chi connectivity index (χ1) is 7.95. The minimum atomic E-state index is -0.743. The zero-order chi connectivity index (χ0) is 13.0. The molecule has 0 bridgehead atoms. The lowest BCUT2D eigenvalue weighted by atomic mass is 10.1. The van der Waals surface area contributed by atoms with Crippen LogP contribution in [0.1, 0.15) is 25.0 Å². The van der Waals surface area contributed by atoms with Crippen molar-refractivity contribution in [2.24, 2.45) is 5.92 Å². The van der Waals surface area contributed by atoms with Gasteiger partial charge in [0.1, 0.15) is 0 Å². The molecule has 0 aliphatic carbocycles. The Balaban J connectivity index is 2.86. The van der Waals surface area contributed by atoms with Crippen LogP contribution in [0.25, 0.3) is 0 Å². The third-order valence-electron chi connectivity index (χ3n) is 3.15. The predicted molar refractivity (Wildman–Crippen MR) is 70.6 cm³/mol. The molecule has 3 nitrogen and oxygen atoms in total. The largest absolute Gasteiger partial charge is 0.481 e. The molecule has 1 rings (SSSR count). The van der Waals surface area contributed by atoms with Gasteiger partial charge in [0.2, 0.25) is 0 Å². The zero-order valence-electron chi connectivity index (χ0n) is 11.0. The number of benzene rings is 1. The molecule has 0 fully saturated rings. The summed E-state index contributed by atoms with van der Waals surface area (Å²) in [6.07, 6.45) is 0. The van der Waals surface area contributed by atoms with Crippen LogP contribution in [-0.4, -0.2) is 24.2 Å². The van der Waals surface area contributed by atoms with Gasteiger partial charge in [0.25, 0.3) is 0 Å². The number of carboxylic acids is 1. The lowest BCUT2D eigenvalue weighted by Gasteiger charge is -2.25. The van der Waals surface area contributed by atoms with Gasteiger partial charge in [-0.3, -0.25) is 4.79 Å². The Morgan fingerprint density at radius 3 is 2.47 bits per heavy atom. The van der Waals surface area contributed by atoms with Crippen LogP contribution < -0.4 is 4.90 Å². The van der Waals surface area contributed by atoms with Gasteiger partial charge in [0, 0.05) is 18.8 Å². The molecule has 0 saturated heterocycles. The second-order valence-electron chi connectivity index (χ2n) is 4.55. The molecule has 1 aromatic carbocycles. The molecule has 1 unspecified atom stereocenters. The van der Waals surface area contributed by atoms with E-state index in [9.17, 15) is 4.79 Å². The highest BCUT2D eigenvalue weighted by Crippen LogP contribution is 2.19. The average Bonchev–Trinajstić information content (AvgIpc) is 2.29. The van der Waals surface area contributed by atoms with Gasteiger partial charge in [0.05, 0.1) is 5.92 Å². The van der Waals surface area contributed by atoms with Crippen molar-refractivity contribution in [2.75, 3.05) is 18.0 Å². The number of anilines is 1. The Hall–Kier alpha value is -1.51. The number of aryl methyl sites for hydroxylation is 2. The lowest BCUT2D eigenvalue weighted by molar-refractivity contribution is -0.140. The van der Waals surface area contributed by atoms with Crippen molar-refractivity contribution in [3.05, 3.63) is 29.3 Å². The lowest BCUT2D eigenvalue weighted by Crippen LogP contribution is -2.31. The first-order valence-electron chi connectivity index (χ1n) is 6.00. The van der Waals surface area contributed by atoms with Crippen molar-refractivity contribution in [1.29, 1.82) is 0 Å². The molecule has 0 aliphatic rings. The topological polar surface area (TPSA) is 40.5 Å². The molecule has 1 aromatic rings. The average molecular weight is 235 g/mol. The molecule has 3 heteroatoms. The van der Waals surface area contributed by atoms with Crippen molar-refractivity contribution in [3.63, 3.8) is 0 Å². The summed E-state index contributed by atoms with van der Waals surface area (Å²) in [5.41, 5.74) is 3.60. The monoisotopic (exact) mass is 235 g/mol. The van der Waals surface area contributed by atoms with Crippen molar-refractivity contribution < 1.29 is 9.90 Å². The minimum absolute atomic E-state index is 0.350. The van der Waals surface area contributed by atoms with Crippen LogP contribution in [-0.2, 0) is 4.79 Å². The molecule has 94 valence electrons. The second-order valence-corrected chi connectivity index (χ2v) is 4.55. The van der Waals surface area contributed by atoms with E-state index in [4.69, 9.17) is 5.11 Å². The Morgan fingerprint density at radius 1 is 1.35 bits per heavy atom. The van der Waals surface area contributed by atoms with Gasteiger partial charge < -0.3 is 10.0 Å². The molecular formula is C14H21NO2. The molecule has 0 spiro atoms. The fourth-order valence-corrected chi connectivity index (χ4v) is 1.75. The van der Waals surface area contributed by atoms with E-state index < -0.39 is 5.97 Å². The molecule has 17 heavy (non-hydrogen) atoms. The fraction of sp³-hybridized carbons (Fsp3) is 0.500. The van der Waals surface area contributed by atoms with Crippen LogP contribution in [0.15, 0.2) is 18.2 Å². The van der Waals surface area contributed by atoms with Gasteiger partial charge in [-0.25, -0.2) is 0 Å². The Kier molecular flexibility index (Phi) is 4.55. The summed E-state index contributed by atoms with van der Waals surface area (Å²) in [4.78, 5) is 13.0. The van der Waals surface area contributed by atoms with Crippen molar-refractivity contribution >= 4 is 11.7 Å². The third kappa shape index (κ3) is 3.48. The van der Waals surface area contributed by atoms with Gasteiger partial charge in [-0.15, -0.1) is 0 Å². The second kappa shape index (κ2) is 5.71. The maximum absolute atomic E-state index is 10.9. The molecular weight excluding hydrogens is 214 g/mol. The van der Waals surface area contributed by atoms with Gasteiger partial charge in [0.15, 0.2) is 0 Å². The van der Waals surface area contributed by atoms with Crippen molar-refractivity contribution in [3.8, 4) is 0 Å². The molecule has 0 heterocycles. The number of nitrogens with zero attached hydrogens (tertiary/aromatic N) is 1. The number of hydrogen-bond donors (Lipinski definition) is 1. The maximum atomic E-state index is 10.9. The normalized spacial score (nSPS) is 12.2. The smallest absolute Gasteiger partial charge is 0.308 e. The van der Waals surface area contributed by atoms with Crippen LogP contribution in [0, 0.1) is 19.8 Å². The summed E-state index contributed by atoms with van der Waals surface area (Å²) in [6, 6.07) is 6.26. The molecule has 0 aliphatic heterocycles. The Labute approximate surface area is 103 Å². The maximum Gasteiger partial charge on any atom is 0.308 e. The van der Waals surface area contributed by atoms with Crippen LogP contribution in [0.2, 0.25) is 0 Å². The SMILES string of the molecule is CCN(CC(C)C(=O)O)c1ccc(C)c(C)c1. The summed E-state index contributed by atoms with van der Waals surface area (Å²) < 4.78 is 0. The Morgan fingerprint density at radius 2 is 2.00 bits per heavy atom. The van der Waals surface area contributed by atoms with Crippen LogP contribution in [0.3, 0.4) is 0 Å². The quantitative estimate of drug-likeness (QED) is 0.853. The summed E-state index contributed by atoms with van der Waals surface area (Å²) in [5.74, 6) is -1.09. The van der Waals surface area contributed by atoms with E-state index in [1.807, 2.05) is 6.92 Å². The highest BCUT2D eigenvalue weighted by Gasteiger charge is 2.15. The molecule has 0 aromatic heterocycles. The van der Waals surface area contributed by atoms with E-state index in [1.165, 1.54) is 11.1 Å². The first-order valence-corrected chi connectivity index (χ1v) is 6.00. The summed E-state index contributed by atoms with van der Waals surface area (Å²) >= 11 is 0. The van der Waals surface area contributed by atoms with Crippen LogP contribution >= 0.6 is 0 Å². The minimum Gasteiger partial charge on any atom is -0.481 e. The Bertz CT molecular complexity index is 401. The zero-order valence-corrected chi connectivity index (χ0v) is 11.0. The van der Waals surface area contributed by atoms with E-state index in [1.54, 1.807) is 6.92 Å². The van der Waals surface area contributed by atoms with Crippen molar-refractivity contribution in [2.45, 2.75) is 27.7 Å². The number of carboxylic acid groups (broad SMARTS) is 1. The summed E-state index contributed by atoms with van der Waals surface area (Å²) in [5, 5.41) is 8.95. The van der Waals surface area contributed by atoms with Crippen molar-refractivity contribution in [1.82, 2.24) is 0 Å². The van der Waals surface area contributed by atoms with E-state index in [2.05, 4.69) is 36.9 Å².